The molecule has 2 heterocycles. The average molecular weight is 451 g/mol. The van der Waals surface area contributed by atoms with Crippen molar-refractivity contribution in [2.75, 3.05) is 11.9 Å². The molecule has 2 N–H and O–H groups in total. The van der Waals surface area contributed by atoms with Gasteiger partial charge in [-0.1, -0.05) is 23.7 Å². The lowest BCUT2D eigenvalue weighted by molar-refractivity contribution is -0.137. The van der Waals surface area contributed by atoms with Crippen LogP contribution in [0.15, 0.2) is 48.8 Å². The highest BCUT2D eigenvalue weighted by molar-refractivity contribution is 6.34. The molecule has 0 saturated heterocycles. The van der Waals surface area contributed by atoms with E-state index in [2.05, 4.69) is 15.6 Å². The van der Waals surface area contributed by atoms with Crippen LogP contribution < -0.4 is 10.6 Å². The molecule has 2 aromatic heterocycles. The van der Waals surface area contributed by atoms with Gasteiger partial charge in [0.1, 0.15) is 11.5 Å². The number of anilines is 1. The van der Waals surface area contributed by atoms with E-state index < -0.39 is 23.2 Å². The van der Waals surface area contributed by atoms with Crippen molar-refractivity contribution < 1.29 is 18.0 Å². The molecule has 164 valence electrons. The Balaban J connectivity index is 1.32. The number of pyridine rings is 1. The van der Waals surface area contributed by atoms with Gasteiger partial charge in [-0.25, -0.2) is 4.98 Å². The maximum Gasteiger partial charge on any atom is 0.417 e. The van der Waals surface area contributed by atoms with E-state index in [1.807, 2.05) is 28.8 Å². The standard InChI is InChI=1S/C22H22ClF3N4O/c23-17-5-3-4-16(22(24,25)26)20(17)21(31)29-15-9-7-14(8-10-15)12-27-19-13-28-18-6-1-2-11-30(18)19/h1-6,11,13-15,27H,7-10,12H2,(H,29,31). The summed E-state index contributed by atoms with van der Waals surface area (Å²) in [5.74, 6) is 0.558. The molecule has 31 heavy (non-hydrogen) atoms. The predicted octanol–water partition coefficient (Wildman–Crippen LogP) is 5.41. The first-order valence-electron chi connectivity index (χ1n) is 10.2. The number of carbonyl (C=O) groups excluding carboxylic acids is 1. The van der Waals surface area contributed by atoms with E-state index in [1.165, 1.54) is 12.1 Å². The topological polar surface area (TPSA) is 58.4 Å². The van der Waals surface area contributed by atoms with Crippen molar-refractivity contribution in [2.45, 2.75) is 37.9 Å². The van der Waals surface area contributed by atoms with E-state index in [0.29, 0.717) is 18.8 Å². The van der Waals surface area contributed by atoms with Crippen molar-refractivity contribution in [2.24, 2.45) is 5.92 Å². The maximum atomic E-state index is 13.3. The summed E-state index contributed by atoms with van der Waals surface area (Å²) in [7, 11) is 0. The summed E-state index contributed by atoms with van der Waals surface area (Å²) in [5, 5.41) is 5.97. The Morgan fingerprint density at radius 3 is 2.65 bits per heavy atom. The number of amides is 1. The second kappa shape index (κ2) is 8.78. The van der Waals surface area contributed by atoms with Crippen LogP contribution in [0.3, 0.4) is 0 Å². The Morgan fingerprint density at radius 1 is 1.13 bits per heavy atom. The highest BCUT2D eigenvalue weighted by Crippen LogP contribution is 2.35. The number of fused-ring (bicyclic) bond motifs is 1. The number of nitrogens with one attached hydrogen (secondary N) is 2. The second-order valence-electron chi connectivity index (χ2n) is 7.80. The molecular weight excluding hydrogens is 429 g/mol. The molecule has 1 aliphatic carbocycles. The summed E-state index contributed by atoms with van der Waals surface area (Å²) in [6.45, 7) is 0.770. The number of hydrogen-bond acceptors (Lipinski definition) is 3. The van der Waals surface area contributed by atoms with Gasteiger partial charge < -0.3 is 10.6 Å². The lowest BCUT2D eigenvalue weighted by Gasteiger charge is -2.29. The van der Waals surface area contributed by atoms with Gasteiger partial charge in [-0.05, 0) is 55.9 Å². The normalized spacial score (nSPS) is 19.4. The van der Waals surface area contributed by atoms with Crippen molar-refractivity contribution in [1.82, 2.24) is 14.7 Å². The highest BCUT2D eigenvalue weighted by Gasteiger charge is 2.37. The van der Waals surface area contributed by atoms with Crippen LogP contribution >= 0.6 is 11.6 Å². The van der Waals surface area contributed by atoms with Crippen LogP contribution in [0.4, 0.5) is 19.0 Å². The Morgan fingerprint density at radius 2 is 1.90 bits per heavy atom. The van der Waals surface area contributed by atoms with E-state index >= 15 is 0 Å². The highest BCUT2D eigenvalue weighted by atomic mass is 35.5. The van der Waals surface area contributed by atoms with Gasteiger partial charge in [-0.15, -0.1) is 0 Å². The molecule has 0 atom stereocenters. The van der Waals surface area contributed by atoms with E-state index in [4.69, 9.17) is 11.6 Å². The third-order valence-corrected chi connectivity index (χ3v) is 6.03. The number of alkyl halides is 3. The number of halogens is 4. The van der Waals surface area contributed by atoms with Crippen molar-refractivity contribution >= 4 is 29.0 Å². The molecule has 4 rings (SSSR count). The van der Waals surface area contributed by atoms with Crippen LogP contribution in [0, 0.1) is 5.92 Å². The average Bonchev–Trinajstić information content (AvgIpc) is 3.15. The van der Waals surface area contributed by atoms with Gasteiger partial charge in [0.2, 0.25) is 0 Å². The third-order valence-electron chi connectivity index (χ3n) is 5.72. The SMILES string of the molecule is O=C(NC1CCC(CNc2cnc3ccccn23)CC1)c1c(Cl)cccc1C(F)(F)F. The molecule has 0 unspecified atom stereocenters. The summed E-state index contributed by atoms with van der Waals surface area (Å²) in [6.07, 6.45) is 2.24. The molecule has 1 amide bonds. The minimum absolute atomic E-state index is 0.170. The monoisotopic (exact) mass is 450 g/mol. The number of benzene rings is 1. The van der Waals surface area contributed by atoms with Crippen LogP contribution in [0.1, 0.15) is 41.6 Å². The zero-order valence-corrected chi connectivity index (χ0v) is 17.4. The fourth-order valence-corrected chi connectivity index (χ4v) is 4.33. The maximum absolute atomic E-state index is 13.3. The van der Waals surface area contributed by atoms with E-state index in [9.17, 15) is 18.0 Å². The molecule has 9 heteroatoms. The van der Waals surface area contributed by atoms with Gasteiger partial charge in [0, 0.05) is 18.8 Å². The summed E-state index contributed by atoms with van der Waals surface area (Å²) >= 11 is 5.93. The van der Waals surface area contributed by atoms with E-state index in [1.54, 1.807) is 6.20 Å². The number of aromatic nitrogens is 2. The molecule has 1 saturated carbocycles. The molecule has 1 aliphatic rings. The first kappa shape index (κ1) is 21.5. The van der Waals surface area contributed by atoms with Crippen molar-refractivity contribution in [1.29, 1.82) is 0 Å². The number of hydrogen-bond donors (Lipinski definition) is 2. The fraction of sp³-hybridized carbons (Fsp3) is 0.364. The van der Waals surface area contributed by atoms with Crippen molar-refractivity contribution in [3.63, 3.8) is 0 Å². The minimum atomic E-state index is -4.64. The lowest BCUT2D eigenvalue weighted by Crippen LogP contribution is -2.39. The molecule has 0 spiro atoms. The smallest absolute Gasteiger partial charge is 0.370 e. The molecular formula is C22H22ClF3N4O. The molecule has 0 radical (unpaired) electrons. The van der Waals surface area contributed by atoms with Crippen LogP contribution in [0.2, 0.25) is 5.02 Å². The van der Waals surface area contributed by atoms with Crippen LogP contribution in [-0.2, 0) is 6.18 Å². The zero-order valence-electron chi connectivity index (χ0n) is 16.6. The summed E-state index contributed by atoms with van der Waals surface area (Å²) in [4.78, 5) is 16.9. The second-order valence-corrected chi connectivity index (χ2v) is 8.21. The molecule has 0 aliphatic heterocycles. The molecule has 0 bridgehead atoms. The Hall–Kier alpha value is -2.74. The van der Waals surface area contributed by atoms with E-state index in [-0.39, 0.29) is 11.1 Å². The number of nitrogens with zero attached hydrogens (tertiary/aromatic N) is 2. The quantitative estimate of drug-likeness (QED) is 0.546. The Kier molecular flexibility index (Phi) is 6.09. The lowest BCUT2D eigenvalue weighted by atomic mass is 9.86. The molecule has 5 nitrogen and oxygen atoms in total. The molecule has 3 aromatic rings. The molecule has 1 aromatic carbocycles. The van der Waals surface area contributed by atoms with Crippen LogP contribution in [-0.4, -0.2) is 27.9 Å². The third kappa shape index (κ3) is 4.79. The van der Waals surface area contributed by atoms with Gasteiger partial charge in [0.15, 0.2) is 0 Å². The van der Waals surface area contributed by atoms with Crippen molar-refractivity contribution in [3.05, 3.63) is 64.9 Å². The first-order chi connectivity index (χ1) is 14.8. The Bertz CT molecular complexity index is 1070. The van der Waals surface area contributed by atoms with Crippen LogP contribution in [0.5, 0.6) is 0 Å². The fourth-order valence-electron chi connectivity index (χ4n) is 4.07. The van der Waals surface area contributed by atoms with Gasteiger partial charge >= 0.3 is 6.18 Å². The van der Waals surface area contributed by atoms with Crippen molar-refractivity contribution in [3.8, 4) is 0 Å². The van der Waals surface area contributed by atoms with E-state index in [0.717, 1.165) is 36.9 Å². The summed E-state index contributed by atoms with van der Waals surface area (Å²) in [6, 6.07) is 9.01. The number of imidazole rings is 1. The largest absolute Gasteiger partial charge is 0.417 e. The predicted molar refractivity (Wildman–Crippen MR) is 113 cm³/mol. The first-order valence-corrected chi connectivity index (χ1v) is 10.5. The van der Waals surface area contributed by atoms with Crippen LogP contribution in [0.25, 0.3) is 5.65 Å². The van der Waals surface area contributed by atoms with Gasteiger partial charge in [-0.2, -0.15) is 13.2 Å². The zero-order chi connectivity index (χ0) is 22.0. The summed E-state index contributed by atoms with van der Waals surface area (Å²) in [5.41, 5.74) is -0.647. The Labute approximate surface area is 182 Å². The van der Waals surface area contributed by atoms with Gasteiger partial charge in [0.25, 0.3) is 5.91 Å². The van der Waals surface area contributed by atoms with Gasteiger partial charge in [0.05, 0.1) is 22.3 Å². The molecule has 1 fully saturated rings. The minimum Gasteiger partial charge on any atom is -0.370 e. The number of carbonyl (C=O) groups is 1. The van der Waals surface area contributed by atoms with Gasteiger partial charge in [-0.3, -0.25) is 9.20 Å². The summed E-state index contributed by atoms with van der Waals surface area (Å²) < 4.78 is 41.8. The number of rotatable bonds is 5.